The van der Waals surface area contributed by atoms with Gasteiger partial charge >= 0.3 is 6.09 Å². The molecule has 0 spiro atoms. The number of hydrogen-bond donors (Lipinski definition) is 0. The quantitative estimate of drug-likeness (QED) is 0.782. The van der Waals surface area contributed by atoms with E-state index in [0.717, 1.165) is 0 Å². The molecule has 0 atom stereocenters. The molecule has 5 nitrogen and oxygen atoms in total. The first-order chi connectivity index (χ1) is 9.26. The van der Waals surface area contributed by atoms with Gasteiger partial charge in [0.25, 0.3) is 0 Å². The zero-order valence-corrected chi connectivity index (χ0v) is 13.5. The van der Waals surface area contributed by atoms with E-state index < -0.39 is 5.60 Å². The smallest absolute Gasteiger partial charge is 0.410 e. The number of amides is 1. The van der Waals surface area contributed by atoms with E-state index in [2.05, 4.69) is 21.0 Å². The standard InChI is InChI=1S/C13H19BrFN3O2/c1-13(2,3)20-12(19)17-6-4-9(5-7-17)18-11(15)8-10(14)16-18/h8-9H,4-7H2,1-3H3. The van der Waals surface area contributed by atoms with Crippen LogP contribution in [0.3, 0.4) is 0 Å². The van der Waals surface area contributed by atoms with Crippen molar-refractivity contribution in [1.82, 2.24) is 14.7 Å². The Hall–Kier alpha value is -1.11. The summed E-state index contributed by atoms with van der Waals surface area (Å²) in [4.78, 5) is 13.6. The van der Waals surface area contributed by atoms with Gasteiger partial charge in [-0.2, -0.15) is 9.49 Å². The minimum atomic E-state index is -0.493. The summed E-state index contributed by atoms with van der Waals surface area (Å²) < 4.78 is 20.8. The van der Waals surface area contributed by atoms with Crippen LogP contribution in [0.15, 0.2) is 10.7 Å². The second-order valence-corrected chi connectivity index (χ2v) is 6.75. The summed E-state index contributed by atoms with van der Waals surface area (Å²) in [5.41, 5.74) is -0.493. The van der Waals surface area contributed by atoms with Crippen LogP contribution in [0.5, 0.6) is 0 Å². The molecule has 0 radical (unpaired) electrons. The molecular weight excluding hydrogens is 329 g/mol. The number of nitrogens with zero attached hydrogens (tertiary/aromatic N) is 3. The lowest BCUT2D eigenvalue weighted by molar-refractivity contribution is 0.0181. The fourth-order valence-corrected chi connectivity index (χ4v) is 2.58. The Morgan fingerprint density at radius 2 is 2.05 bits per heavy atom. The van der Waals surface area contributed by atoms with E-state index in [1.165, 1.54) is 10.7 Å². The number of halogens is 2. The molecule has 0 aromatic carbocycles. The topological polar surface area (TPSA) is 47.4 Å². The summed E-state index contributed by atoms with van der Waals surface area (Å²) in [7, 11) is 0. The molecule has 2 heterocycles. The lowest BCUT2D eigenvalue weighted by Gasteiger charge is -2.33. The van der Waals surface area contributed by atoms with Crippen molar-refractivity contribution in [3.63, 3.8) is 0 Å². The number of piperidine rings is 1. The van der Waals surface area contributed by atoms with Crippen molar-refractivity contribution in [2.75, 3.05) is 13.1 Å². The molecule has 2 rings (SSSR count). The number of rotatable bonds is 1. The number of carbonyl (C=O) groups excluding carboxylic acids is 1. The van der Waals surface area contributed by atoms with Gasteiger partial charge in [0.2, 0.25) is 5.95 Å². The lowest BCUT2D eigenvalue weighted by Crippen LogP contribution is -2.42. The molecule has 1 aliphatic heterocycles. The van der Waals surface area contributed by atoms with E-state index in [4.69, 9.17) is 4.74 Å². The molecule has 0 bridgehead atoms. The van der Waals surface area contributed by atoms with Gasteiger partial charge in [0.1, 0.15) is 10.2 Å². The molecule has 0 N–H and O–H groups in total. The average Bonchev–Trinajstić information content (AvgIpc) is 2.66. The number of likely N-dealkylation sites (tertiary alicyclic amines) is 1. The lowest BCUT2D eigenvalue weighted by atomic mass is 10.1. The molecule has 0 saturated carbocycles. The molecule has 1 aromatic heterocycles. The van der Waals surface area contributed by atoms with Gasteiger partial charge in [-0.1, -0.05) is 0 Å². The Morgan fingerprint density at radius 1 is 1.45 bits per heavy atom. The van der Waals surface area contributed by atoms with Gasteiger partial charge in [-0.25, -0.2) is 9.48 Å². The van der Waals surface area contributed by atoms with Gasteiger partial charge in [0.05, 0.1) is 6.04 Å². The minimum absolute atomic E-state index is 0.0139. The molecular formula is C13H19BrFN3O2. The van der Waals surface area contributed by atoms with Gasteiger partial charge in [0.15, 0.2) is 0 Å². The third-order valence-corrected chi connectivity index (χ3v) is 3.51. The fourth-order valence-electron chi connectivity index (χ4n) is 2.22. The van der Waals surface area contributed by atoms with Crippen molar-refractivity contribution in [3.05, 3.63) is 16.6 Å². The van der Waals surface area contributed by atoms with Crippen LogP contribution in [0.25, 0.3) is 0 Å². The van der Waals surface area contributed by atoms with Crippen LogP contribution in [-0.4, -0.2) is 39.5 Å². The molecule has 1 amide bonds. The Labute approximate surface area is 126 Å². The van der Waals surface area contributed by atoms with E-state index in [9.17, 15) is 9.18 Å². The van der Waals surface area contributed by atoms with Gasteiger partial charge in [-0.05, 0) is 49.5 Å². The summed E-state index contributed by atoms with van der Waals surface area (Å²) in [5, 5.41) is 4.09. The SMILES string of the molecule is CC(C)(C)OC(=O)N1CCC(n2nc(Br)cc2F)CC1. The molecule has 1 aliphatic rings. The summed E-state index contributed by atoms with van der Waals surface area (Å²) in [5.74, 6) is -0.354. The number of ether oxygens (including phenoxy) is 1. The summed E-state index contributed by atoms with van der Waals surface area (Å²) in [6.45, 7) is 6.63. The highest BCUT2D eigenvalue weighted by atomic mass is 79.9. The first-order valence-corrected chi connectivity index (χ1v) is 7.44. The van der Waals surface area contributed by atoms with Gasteiger partial charge < -0.3 is 9.64 Å². The Bertz CT molecular complexity index is 490. The van der Waals surface area contributed by atoms with E-state index in [-0.39, 0.29) is 18.1 Å². The Kier molecular flexibility index (Phi) is 4.36. The van der Waals surface area contributed by atoms with Crippen molar-refractivity contribution in [1.29, 1.82) is 0 Å². The van der Waals surface area contributed by atoms with Gasteiger partial charge in [0, 0.05) is 19.2 Å². The minimum Gasteiger partial charge on any atom is -0.444 e. The maximum absolute atomic E-state index is 13.6. The molecule has 7 heteroatoms. The summed E-state index contributed by atoms with van der Waals surface area (Å²) in [6, 6.07) is 1.33. The van der Waals surface area contributed by atoms with Crippen LogP contribution >= 0.6 is 15.9 Å². The van der Waals surface area contributed by atoms with Crippen molar-refractivity contribution >= 4 is 22.0 Å². The molecule has 0 aliphatic carbocycles. The summed E-state index contributed by atoms with van der Waals surface area (Å²) >= 11 is 3.16. The highest BCUT2D eigenvalue weighted by Gasteiger charge is 2.28. The highest BCUT2D eigenvalue weighted by molar-refractivity contribution is 9.10. The molecule has 20 heavy (non-hydrogen) atoms. The molecule has 1 saturated heterocycles. The van der Waals surface area contributed by atoms with Crippen molar-refractivity contribution < 1.29 is 13.9 Å². The highest BCUT2D eigenvalue weighted by Crippen LogP contribution is 2.25. The zero-order valence-electron chi connectivity index (χ0n) is 11.9. The van der Waals surface area contributed by atoms with Crippen molar-refractivity contribution in [3.8, 4) is 0 Å². The normalized spacial score (nSPS) is 17.4. The second-order valence-electron chi connectivity index (χ2n) is 5.93. The van der Waals surface area contributed by atoms with Crippen LogP contribution in [0.4, 0.5) is 9.18 Å². The average molecular weight is 348 g/mol. The van der Waals surface area contributed by atoms with Crippen molar-refractivity contribution in [2.24, 2.45) is 0 Å². The van der Waals surface area contributed by atoms with E-state index in [0.29, 0.717) is 30.5 Å². The van der Waals surface area contributed by atoms with Gasteiger partial charge in [-0.3, -0.25) is 0 Å². The fraction of sp³-hybridized carbons (Fsp3) is 0.692. The number of hydrogen-bond acceptors (Lipinski definition) is 3. The monoisotopic (exact) mass is 347 g/mol. The predicted octanol–water partition coefficient (Wildman–Crippen LogP) is 3.36. The third kappa shape index (κ3) is 3.71. The van der Waals surface area contributed by atoms with E-state index in [1.807, 2.05) is 20.8 Å². The third-order valence-electron chi connectivity index (χ3n) is 3.12. The van der Waals surface area contributed by atoms with Crippen LogP contribution in [0.2, 0.25) is 0 Å². The van der Waals surface area contributed by atoms with E-state index >= 15 is 0 Å². The maximum atomic E-state index is 13.6. The molecule has 0 unspecified atom stereocenters. The Morgan fingerprint density at radius 3 is 2.50 bits per heavy atom. The Balaban J connectivity index is 1.92. The van der Waals surface area contributed by atoms with Crippen LogP contribution in [0, 0.1) is 5.95 Å². The predicted molar refractivity (Wildman–Crippen MR) is 76.0 cm³/mol. The molecule has 1 fully saturated rings. The van der Waals surface area contributed by atoms with Crippen LogP contribution < -0.4 is 0 Å². The maximum Gasteiger partial charge on any atom is 0.410 e. The largest absolute Gasteiger partial charge is 0.444 e. The number of aromatic nitrogens is 2. The van der Waals surface area contributed by atoms with Crippen molar-refractivity contribution in [2.45, 2.75) is 45.3 Å². The zero-order chi connectivity index (χ0) is 14.9. The van der Waals surface area contributed by atoms with Crippen LogP contribution in [-0.2, 0) is 4.74 Å². The van der Waals surface area contributed by atoms with E-state index in [1.54, 1.807) is 4.90 Å². The first-order valence-electron chi connectivity index (χ1n) is 6.65. The molecule has 112 valence electrons. The molecule has 1 aromatic rings. The van der Waals surface area contributed by atoms with Crippen LogP contribution in [0.1, 0.15) is 39.7 Å². The number of carbonyl (C=O) groups is 1. The summed E-state index contributed by atoms with van der Waals surface area (Å²) in [6.07, 6.45) is 1.03. The second kappa shape index (κ2) is 5.71. The van der Waals surface area contributed by atoms with Gasteiger partial charge in [-0.15, -0.1) is 0 Å². The first kappa shape index (κ1) is 15.3.